The highest BCUT2D eigenvalue weighted by atomic mass is 16.5. The maximum absolute atomic E-state index is 9.49. The summed E-state index contributed by atoms with van der Waals surface area (Å²) in [6.45, 7) is 6.01. The van der Waals surface area contributed by atoms with Gasteiger partial charge in [-0.05, 0) is 24.5 Å². The van der Waals surface area contributed by atoms with Crippen LogP contribution in [0.4, 0.5) is 0 Å². The first-order valence-corrected chi connectivity index (χ1v) is 4.92. The summed E-state index contributed by atoms with van der Waals surface area (Å²) in [5.74, 6) is 1.25. The van der Waals surface area contributed by atoms with E-state index < -0.39 is 6.10 Å². The number of rotatable bonds is 3. The van der Waals surface area contributed by atoms with Crippen LogP contribution in [-0.4, -0.2) is 12.2 Å². The monoisotopic (exact) mass is 194 g/mol. The Kier molecular flexibility index (Phi) is 3.53. The Morgan fingerprint density at radius 3 is 2.29 bits per heavy atom. The highest BCUT2D eigenvalue weighted by molar-refractivity contribution is 5.39. The van der Waals surface area contributed by atoms with E-state index in [0.29, 0.717) is 5.92 Å². The average molecular weight is 194 g/mol. The van der Waals surface area contributed by atoms with Crippen molar-refractivity contribution in [2.24, 2.45) is 0 Å². The number of hydrogen-bond donors (Lipinski definition) is 1. The van der Waals surface area contributed by atoms with Crippen LogP contribution in [0.25, 0.3) is 0 Å². The van der Waals surface area contributed by atoms with Crippen molar-refractivity contribution in [3.63, 3.8) is 0 Å². The van der Waals surface area contributed by atoms with Crippen LogP contribution >= 0.6 is 0 Å². The Morgan fingerprint density at radius 1 is 1.21 bits per heavy atom. The number of aliphatic hydroxyl groups is 1. The van der Waals surface area contributed by atoms with Gasteiger partial charge in [0.05, 0.1) is 13.2 Å². The number of benzene rings is 1. The molecular weight excluding hydrogens is 176 g/mol. The highest BCUT2D eigenvalue weighted by Gasteiger charge is 2.10. The fourth-order valence-electron chi connectivity index (χ4n) is 1.43. The standard InChI is InChI=1S/C12H18O2/c1-8(2)10-5-6-11(9(3)13)12(7-10)14-4/h5-9,13H,1-4H3. The molecule has 0 bridgehead atoms. The average Bonchev–Trinajstić information content (AvgIpc) is 2.16. The first-order valence-electron chi connectivity index (χ1n) is 4.92. The molecule has 1 unspecified atom stereocenters. The molecular formula is C12H18O2. The van der Waals surface area contributed by atoms with Crippen LogP contribution in [0.15, 0.2) is 18.2 Å². The molecule has 2 nitrogen and oxygen atoms in total. The Labute approximate surface area is 85.5 Å². The number of hydrogen-bond acceptors (Lipinski definition) is 2. The molecule has 1 rings (SSSR count). The van der Waals surface area contributed by atoms with E-state index in [4.69, 9.17) is 4.74 Å². The van der Waals surface area contributed by atoms with Gasteiger partial charge >= 0.3 is 0 Å². The van der Waals surface area contributed by atoms with Gasteiger partial charge < -0.3 is 9.84 Å². The van der Waals surface area contributed by atoms with Gasteiger partial charge in [0.1, 0.15) is 5.75 Å². The molecule has 1 aromatic carbocycles. The van der Waals surface area contributed by atoms with Crippen LogP contribution in [0, 0.1) is 0 Å². The van der Waals surface area contributed by atoms with E-state index in [9.17, 15) is 5.11 Å². The molecule has 0 aliphatic carbocycles. The molecule has 0 amide bonds. The van der Waals surface area contributed by atoms with Crippen molar-refractivity contribution in [1.29, 1.82) is 0 Å². The highest BCUT2D eigenvalue weighted by Crippen LogP contribution is 2.28. The van der Waals surface area contributed by atoms with Gasteiger partial charge in [-0.3, -0.25) is 0 Å². The molecule has 0 aliphatic rings. The van der Waals surface area contributed by atoms with Crippen LogP contribution in [0.5, 0.6) is 5.75 Å². The van der Waals surface area contributed by atoms with Crippen molar-refractivity contribution in [2.45, 2.75) is 32.8 Å². The van der Waals surface area contributed by atoms with Crippen molar-refractivity contribution >= 4 is 0 Å². The van der Waals surface area contributed by atoms with E-state index in [0.717, 1.165) is 11.3 Å². The Balaban J connectivity index is 3.11. The minimum atomic E-state index is -0.480. The van der Waals surface area contributed by atoms with Gasteiger partial charge in [0.15, 0.2) is 0 Å². The largest absolute Gasteiger partial charge is 0.496 e. The van der Waals surface area contributed by atoms with Crippen molar-refractivity contribution < 1.29 is 9.84 Å². The van der Waals surface area contributed by atoms with Crippen LogP contribution < -0.4 is 4.74 Å². The lowest BCUT2D eigenvalue weighted by Crippen LogP contribution is -1.98. The van der Waals surface area contributed by atoms with E-state index in [2.05, 4.69) is 13.8 Å². The lowest BCUT2D eigenvalue weighted by Gasteiger charge is -2.14. The van der Waals surface area contributed by atoms with Crippen LogP contribution in [0.1, 0.15) is 43.9 Å². The summed E-state index contributed by atoms with van der Waals surface area (Å²) < 4.78 is 5.24. The molecule has 0 aromatic heterocycles. The van der Waals surface area contributed by atoms with Gasteiger partial charge in [-0.1, -0.05) is 26.0 Å². The van der Waals surface area contributed by atoms with Crippen molar-refractivity contribution in [2.75, 3.05) is 7.11 Å². The topological polar surface area (TPSA) is 29.5 Å². The minimum Gasteiger partial charge on any atom is -0.496 e. The number of ether oxygens (including phenoxy) is 1. The van der Waals surface area contributed by atoms with E-state index in [1.165, 1.54) is 5.56 Å². The van der Waals surface area contributed by atoms with Gasteiger partial charge in [0.25, 0.3) is 0 Å². The van der Waals surface area contributed by atoms with Gasteiger partial charge in [0, 0.05) is 5.56 Å². The molecule has 0 heterocycles. The SMILES string of the molecule is COc1cc(C(C)C)ccc1C(C)O. The third-order valence-electron chi connectivity index (χ3n) is 2.37. The van der Waals surface area contributed by atoms with Crippen molar-refractivity contribution in [3.05, 3.63) is 29.3 Å². The summed E-state index contributed by atoms with van der Waals surface area (Å²) in [6, 6.07) is 5.96. The number of methoxy groups -OCH3 is 1. The quantitative estimate of drug-likeness (QED) is 0.801. The molecule has 2 heteroatoms. The first kappa shape index (κ1) is 11.1. The summed E-state index contributed by atoms with van der Waals surface area (Å²) in [5.41, 5.74) is 2.07. The summed E-state index contributed by atoms with van der Waals surface area (Å²) in [4.78, 5) is 0. The minimum absolute atomic E-state index is 0.479. The second-order valence-corrected chi connectivity index (χ2v) is 3.83. The summed E-state index contributed by atoms with van der Waals surface area (Å²) >= 11 is 0. The van der Waals surface area contributed by atoms with E-state index in [1.807, 2.05) is 18.2 Å². The first-order chi connectivity index (χ1) is 6.56. The molecule has 0 fully saturated rings. The second kappa shape index (κ2) is 4.47. The Hall–Kier alpha value is -1.02. The second-order valence-electron chi connectivity index (χ2n) is 3.83. The van der Waals surface area contributed by atoms with Gasteiger partial charge in [-0.25, -0.2) is 0 Å². The Bertz CT molecular complexity index is 303. The number of aliphatic hydroxyl groups excluding tert-OH is 1. The lowest BCUT2D eigenvalue weighted by atomic mass is 9.99. The fourth-order valence-corrected chi connectivity index (χ4v) is 1.43. The molecule has 14 heavy (non-hydrogen) atoms. The lowest BCUT2D eigenvalue weighted by molar-refractivity contribution is 0.194. The zero-order valence-electron chi connectivity index (χ0n) is 9.24. The van der Waals surface area contributed by atoms with Crippen LogP contribution in [-0.2, 0) is 0 Å². The van der Waals surface area contributed by atoms with Crippen LogP contribution in [0.2, 0.25) is 0 Å². The van der Waals surface area contributed by atoms with Crippen LogP contribution in [0.3, 0.4) is 0 Å². The molecule has 1 atom stereocenters. The molecule has 0 spiro atoms. The zero-order valence-corrected chi connectivity index (χ0v) is 9.24. The maximum atomic E-state index is 9.49. The van der Waals surface area contributed by atoms with Gasteiger partial charge in [0.2, 0.25) is 0 Å². The van der Waals surface area contributed by atoms with Crippen molar-refractivity contribution in [3.8, 4) is 5.75 Å². The molecule has 1 aromatic rings. The predicted molar refractivity (Wildman–Crippen MR) is 57.7 cm³/mol. The third-order valence-corrected chi connectivity index (χ3v) is 2.37. The van der Waals surface area contributed by atoms with Gasteiger partial charge in [-0.2, -0.15) is 0 Å². The van der Waals surface area contributed by atoms with Crippen molar-refractivity contribution in [1.82, 2.24) is 0 Å². The maximum Gasteiger partial charge on any atom is 0.124 e. The fraction of sp³-hybridized carbons (Fsp3) is 0.500. The van der Waals surface area contributed by atoms with Gasteiger partial charge in [-0.15, -0.1) is 0 Å². The third kappa shape index (κ3) is 2.26. The molecule has 0 radical (unpaired) electrons. The predicted octanol–water partition coefficient (Wildman–Crippen LogP) is 2.87. The van der Waals surface area contributed by atoms with E-state index in [-0.39, 0.29) is 0 Å². The smallest absolute Gasteiger partial charge is 0.124 e. The molecule has 0 saturated heterocycles. The zero-order chi connectivity index (χ0) is 10.7. The van der Waals surface area contributed by atoms with E-state index in [1.54, 1.807) is 14.0 Å². The molecule has 0 aliphatic heterocycles. The Morgan fingerprint density at radius 2 is 1.86 bits per heavy atom. The summed E-state index contributed by atoms with van der Waals surface area (Å²) in [6.07, 6.45) is -0.480. The molecule has 1 N–H and O–H groups in total. The summed E-state index contributed by atoms with van der Waals surface area (Å²) in [5, 5.41) is 9.49. The van der Waals surface area contributed by atoms with E-state index >= 15 is 0 Å². The molecule has 78 valence electrons. The molecule has 0 saturated carbocycles. The summed E-state index contributed by atoms with van der Waals surface area (Å²) in [7, 11) is 1.63. The normalized spacial score (nSPS) is 13.0.